The van der Waals surface area contributed by atoms with E-state index >= 15 is 0 Å². The van der Waals surface area contributed by atoms with Crippen molar-refractivity contribution in [2.45, 2.75) is 38.3 Å². The predicted molar refractivity (Wildman–Crippen MR) is 117 cm³/mol. The molecule has 1 aliphatic heterocycles. The number of hydrogen-bond donors (Lipinski definition) is 1. The van der Waals surface area contributed by atoms with Crippen LogP contribution in [-0.4, -0.2) is 42.0 Å². The molecule has 1 aromatic heterocycles. The minimum atomic E-state index is -0.148. The van der Waals surface area contributed by atoms with Crippen molar-refractivity contribution < 1.29 is 9.53 Å². The molecule has 1 amide bonds. The summed E-state index contributed by atoms with van der Waals surface area (Å²) in [6.45, 7) is 4.38. The monoisotopic (exact) mass is 409 g/mol. The SMILES string of the molecule is COc1ccc(CNC(=O)[C@@H](C)N2CCC[C@H](c3nc4ccccc4s3)C2)cc1. The van der Waals surface area contributed by atoms with Gasteiger partial charge in [-0.3, -0.25) is 9.69 Å². The van der Waals surface area contributed by atoms with Gasteiger partial charge in [-0.2, -0.15) is 0 Å². The van der Waals surface area contributed by atoms with Gasteiger partial charge in [0, 0.05) is 19.0 Å². The number of rotatable bonds is 6. The summed E-state index contributed by atoms with van der Waals surface area (Å²) in [6.07, 6.45) is 2.23. The number of carbonyl (C=O) groups is 1. The van der Waals surface area contributed by atoms with Crippen molar-refractivity contribution in [3.8, 4) is 5.75 Å². The lowest BCUT2D eigenvalue weighted by molar-refractivity contribution is -0.126. The van der Waals surface area contributed by atoms with Crippen LogP contribution in [-0.2, 0) is 11.3 Å². The van der Waals surface area contributed by atoms with E-state index in [9.17, 15) is 4.79 Å². The van der Waals surface area contributed by atoms with Crippen LogP contribution >= 0.6 is 11.3 Å². The number of amides is 1. The highest BCUT2D eigenvalue weighted by Gasteiger charge is 2.29. The van der Waals surface area contributed by atoms with Crippen LogP contribution in [0.2, 0.25) is 0 Å². The third kappa shape index (κ3) is 4.60. The Morgan fingerprint density at radius 2 is 2.07 bits per heavy atom. The Morgan fingerprint density at radius 1 is 1.28 bits per heavy atom. The maximum absolute atomic E-state index is 12.7. The molecule has 2 heterocycles. The highest BCUT2D eigenvalue weighted by molar-refractivity contribution is 7.18. The quantitative estimate of drug-likeness (QED) is 0.663. The molecular weight excluding hydrogens is 382 g/mol. The number of piperidine rings is 1. The van der Waals surface area contributed by atoms with E-state index in [1.165, 1.54) is 9.71 Å². The standard InChI is InChI=1S/C23H27N3O2S/c1-16(22(27)24-14-17-9-11-19(28-2)12-10-17)26-13-5-6-18(15-26)23-25-20-7-3-4-8-21(20)29-23/h3-4,7-12,16,18H,5-6,13-15H2,1-2H3,(H,24,27)/t16-,18+/m1/s1. The first kappa shape index (κ1) is 19.9. The number of likely N-dealkylation sites (tertiary alicyclic amines) is 1. The number of nitrogens with one attached hydrogen (secondary N) is 1. The number of para-hydroxylation sites is 1. The maximum atomic E-state index is 12.7. The summed E-state index contributed by atoms with van der Waals surface area (Å²) < 4.78 is 6.42. The van der Waals surface area contributed by atoms with Crippen LogP contribution in [0.15, 0.2) is 48.5 Å². The summed E-state index contributed by atoms with van der Waals surface area (Å²) in [4.78, 5) is 19.9. The van der Waals surface area contributed by atoms with Gasteiger partial charge in [-0.1, -0.05) is 24.3 Å². The number of thiazole rings is 1. The van der Waals surface area contributed by atoms with E-state index in [1.54, 1.807) is 18.4 Å². The molecule has 0 bridgehead atoms. The topological polar surface area (TPSA) is 54.5 Å². The lowest BCUT2D eigenvalue weighted by Gasteiger charge is -2.35. The van der Waals surface area contributed by atoms with Gasteiger partial charge >= 0.3 is 0 Å². The highest BCUT2D eigenvalue weighted by Crippen LogP contribution is 2.33. The van der Waals surface area contributed by atoms with Crippen LogP contribution < -0.4 is 10.1 Å². The Hall–Kier alpha value is -2.44. The van der Waals surface area contributed by atoms with Crippen LogP contribution in [0.1, 0.15) is 36.3 Å². The smallest absolute Gasteiger partial charge is 0.237 e. The van der Waals surface area contributed by atoms with Gasteiger partial charge in [-0.25, -0.2) is 4.98 Å². The van der Waals surface area contributed by atoms with Crippen molar-refractivity contribution >= 4 is 27.5 Å². The second kappa shape index (κ2) is 8.93. The number of carbonyl (C=O) groups excluding carboxylic acids is 1. The van der Waals surface area contributed by atoms with Gasteiger partial charge in [0.2, 0.25) is 5.91 Å². The van der Waals surface area contributed by atoms with E-state index in [0.29, 0.717) is 12.5 Å². The average molecular weight is 410 g/mol. The Balaban J connectivity index is 1.35. The van der Waals surface area contributed by atoms with Crippen LogP contribution in [0, 0.1) is 0 Å². The van der Waals surface area contributed by atoms with E-state index < -0.39 is 0 Å². The lowest BCUT2D eigenvalue weighted by Crippen LogP contribution is -2.48. The Bertz CT molecular complexity index is 937. The first-order chi connectivity index (χ1) is 14.1. The first-order valence-electron chi connectivity index (χ1n) is 10.1. The van der Waals surface area contributed by atoms with E-state index in [-0.39, 0.29) is 11.9 Å². The van der Waals surface area contributed by atoms with Crippen molar-refractivity contribution in [2.24, 2.45) is 0 Å². The third-order valence-corrected chi connectivity index (χ3v) is 6.86. The maximum Gasteiger partial charge on any atom is 0.237 e. The molecule has 1 fully saturated rings. The number of ether oxygens (including phenoxy) is 1. The molecule has 0 unspecified atom stereocenters. The van der Waals surface area contributed by atoms with Crippen LogP contribution in [0.3, 0.4) is 0 Å². The summed E-state index contributed by atoms with van der Waals surface area (Å²) >= 11 is 1.79. The minimum absolute atomic E-state index is 0.0748. The molecule has 152 valence electrons. The molecular formula is C23H27N3O2S. The van der Waals surface area contributed by atoms with Crippen molar-refractivity contribution in [2.75, 3.05) is 20.2 Å². The molecule has 4 rings (SSSR count). The van der Waals surface area contributed by atoms with Gasteiger partial charge in [0.25, 0.3) is 0 Å². The van der Waals surface area contributed by atoms with Gasteiger partial charge in [-0.05, 0) is 56.1 Å². The lowest BCUT2D eigenvalue weighted by atomic mass is 9.97. The van der Waals surface area contributed by atoms with Crippen molar-refractivity contribution in [1.82, 2.24) is 15.2 Å². The number of fused-ring (bicyclic) bond motifs is 1. The molecule has 1 aliphatic rings. The number of hydrogen-bond acceptors (Lipinski definition) is 5. The van der Waals surface area contributed by atoms with Gasteiger partial charge < -0.3 is 10.1 Å². The zero-order valence-corrected chi connectivity index (χ0v) is 17.7. The zero-order valence-electron chi connectivity index (χ0n) is 16.9. The van der Waals surface area contributed by atoms with E-state index in [0.717, 1.165) is 42.8 Å². The zero-order chi connectivity index (χ0) is 20.2. The molecule has 3 aromatic rings. The largest absolute Gasteiger partial charge is 0.497 e. The fourth-order valence-electron chi connectivity index (χ4n) is 3.87. The third-order valence-electron chi connectivity index (χ3n) is 5.67. The molecule has 6 heteroatoms. The normalized spacial score (nSPS) is 18.5. The fraction of sp³-hybridized carbons (Fsp3) is 0.391. The molecule has 0 spiro atoms. The summed E-state index contributed by atoms with van der Waals surface area (Å²) in [5.74, 6) is 1.30. The first-order valence-corrected chi connectivity index (χ1v) is 11.0. The molecule has 1 saturated heterocycles. The van der Waals surface area contributed by atoms with Crippen molar-refractivity contribution in [3.63, 3.8) is 0 Å². The van der Waals surface area contributed by atoms with Crippen LogP contribution in [0.25, 0.3) is 10.2 Å². The molecule has 2 aromatic carbocycles. The molecule has 0 aliphatic carbocycles. The predicted octanol–water partition coefficient (Wildman–Crippen LogP) is 4.19. The number of benzene rings is 2. The number of methoxy groups -OCH3 is 1. The van der Waals surface area contributed by atoms with E-state index in [1.807, 2.05) is 37.3 Å². The molecule has 1 N–H and O–H groups in total. The van der Waals surface area contributed by atoms with Crippen molar-refractivity contribution in [1.29, 1.82) is 0 Å². The summed E-state index contributed by atoms with van der Waals surface area (Å²) in [6, 6.07) is 15.9. The molecule has 2 atom stereocenters. The molecule has 0 radical (unpaired) electrons. The summed E-state index contributed by atoms with van der Waals surface area (Å²) in [5.41, 5.74) is 2.15. The molecule has 5 nitrogen and oxygen atoms in total. The minimum Gasteiger partial charge on any atom is -0.497 e. The average Bonchev–Trinajstić information content (AvgIpc) is 3.22. The van der Waals surface area contributed by atoms with Gasteiger partial charge in [0.05, 0.1) is 28.4 Å². The highest BCUT2D eigenvalue weighted by atomic mass is 32.1. The summed E-state index contributed by atoms with van der Waals surface area (Å²) in [5, 5.41) is 4.27. The number of aromatic nitrogens is 1. The van der Waals surface area contributed by atoms with Gasteiger partial charge in [-0.15, -0.1) is 11.3 Å². The second-order valence-electron chi connectivity index (χ2n) is 7.60. The number of nitrogens with zero attached hydrogens (tertiary/aromatic N) is 2. The molecule has 0 saturated carbocycles. The fourth-order valence-corrected chi connectivity index (χ4v) is 4.96. The molecule has 29 heavy (non-hydrogen) atoms. The Kier molecular flexibility index (Phi) is 6.11. The Morgan fingerprint density at radius 3 is 2.83 bits per heavy atom. The van der Waals surface area contributed by atoms with Gasteiger partial charge in [0.15, 0.2) is 0 Å². The van der Waals surface area contributed by atoms with Crippen LogP contribution in [0.5, 0.6) is 5.75 Å². The van der Waals surface area contributed by atoms with Crippen LogP contribution in [0.4, 0.5) is 0 Å². The second-order valence-corrected chi connectivity index (χ2v) is 8.66. The summed E-state index contributed by atoms with van der Waals surface area (Å²) in [7, 11) is 1.65. The van der Waals surface area contributed by atoms with E-state index in [2.05, 4.69) is 28.4 Å². The Labute approximate surface area is 175 Å². The van der Waals surface area contributed by atoms with Crippen molar-refractivity contribution in [3.05, 3.63) is 59.1 Å². The van der Waals surface area contributed by atoms with E-state index in [4.69, 9.17) is 9.72 Å². The van der Waals surface area contributed by atoms with Gasteiger partial charge in [0.1, 0.15) is 5.75 Å².